The number of fused-ring (bicyclic) bond motifs is 1. The molecule has 2 aliphatic rings. The smallest absolute Gasteiger partial charge is 0.273 e. The van der Waals surface area contributed by atoms with Crippen LogP contribution in [0.2, 0.25) is 0 Å². The molecule has 4 heterocycles. The van der Waals surface area contributed by atoms with Gasteiger partial charge >= 0.3 is 0 Å². The highest BCUT2D eigenvalue weighted by molar-refractivity contribution is 7.07. The van der Waals surface area contributed by atoms with Crippen LogP contribution in [0.25, 0.3) is 0 Å². The van der Waals surface area contributed by atoms with Crippen molar-refractivity contribution in [3.8, 4) is 0 Å². The number of amides is 1. The number of thiazole rings is 1. The summed E-state index contributed by atoms with van der Waals surface area (Å²) in [6.07, 6.45) is 1.84. The summed E-state index contributed by atoms with van der Waals surface area (Å²) in [7, 11) is 0. The van der Waals surface area contributed by atoms with Crippen molar-refractivity contribution in [2.45, 2.75) is 31.8 Å². The highest BCUT2D eigenvalue weighted by Gasteiger charge is 2.42. The minimum absolute atomic E-state index is 0.00395. The van der Waals surface area contributed by atoms with E-state index < -0.39 is 0 Å². The number of hydrogen-bond donors (Lipinski definition) is 0. The molecule has 1 amide bonds. The molecule has 2 aliphatic heterocycles. The largest absolute Gasteiger partial charge is 0.425 e. The number of carbonyl (C=O) groups excluding carboxylic acids is 1. The van der Waals surface area contributed by atoms with E-state index in [9.17, 15) is 4.79 Å². The molecule has 122 valence electrons. The molecule has 0 aliphatic carbocycles. The van der Waals surface area contributed by atoms with E-state index in [-0.39, 0.29) is 23.8 Å². The fourth-order valence-corrected chi connectivity index (χ4v) is 4.07. The normalized spacial score (nSPS) is 27.7. The molecule has 0 saturated carbocycles. The molecule has 0 N–H and O–H groups in total. The molecular weight excluding hydrogens is 316 g/mol. The van der Waals surface area contributed by atoms with Crippen molar-refractivity contribution in [1.29, 1.82) is 0 Å². The SMILES string of the molecule is Cc1nnc([C@@H]2CCO[C@@H]3CCN(C(=O)c4cscn4)C[C@@H]32)o1. The van der Waals surface area contributed by atoms with Gasteiger partial charge in [0.2, 0.25) is 11.8 Å². The van der Waals surface area contributed by atoms with Gasteiger partial charge in [-0.2, -0.15) is 0 Å². The Kier molecular flexibility index (Phi) is 3.86. The summed E-state index contributed by atoms with van der Waals surface area (Å²) in [5, 5.41) is 9.94. The van der Waals surface area contributed by atoms with Gasteiger partial charge in [-0.05, 0) is 12.8 Å². The average molecular weight is 334 g/mol. The number of piperidine rings is 1. The zero-order valence-corrected chi connectivity index (χ0v) is 13.7. The van der Waals surface area contributed by atoms with Crippen molar-refractivity contribution < 1.29 is 13.9 Å². The standard InChI is InChI=1S/C15H18N4O3S/c1-9-17-18-14(22-9)10-3-5-21-13-2-4-19(6-11(10)13)15(20)12-7-23-8-16-12/h7-8,10-11,13H,2-6H2,1H3/t10-,11-,13-/m1/s1. The van der Waals surface area contributed by atoms with Gasteiger partial charge in [-0.15, -0.1) is 21.5 Å². The van der Waals surface area contributed by atoms with Gasteiger partial charge in [0.25, 0.3) is 5.91 Å². The van der Waals surface area contributed by atoms with Gasteiger partial charge in [-0.1, -0.05) is 0 Å². The first kappa shape index (κ1) is 14.8. The highest BCUT2D eigenvalue weighted by Crippen LogP contribution is 2.39. The Morgan fingerprint density at radius 3 is 3.04 bits per heavy atom. The summed E-state index contributed by atoms with van der Waals surface area (Å²) in [6.45, 7) is 3.85. The predicted molar refractivity (Wildman–Crippen MR) is 82.3 cm³/mol. The lowest BCUT2D eigenvalue weighted by Crippen LogP contribution is -2.51. The van der Waals surface area contributed by atoms with Crippen molar-refractivity contribution in [2.24, 2.45) is 5.92 Å². The second-order valence-corrected chi connectivity index (χ2v) is 6.76. The molecule has 2 aromatic heterocycles. The molecule has 4 rings (SSSR count). The summed E-state index contributed by atoms with van der Waals surface area (Å²) in [5.41, 5.74) is 2.21. The second-order valence-electron chi connectivity index (χ2n) is 6.04. The quantitative estimate of drug-likeness (QED) is 0.834. The molecule has 7 nitrogen and oxygen atoms in total. The molecule has 2 fully saturated rings. The van der Waals surface area contributed by atoms with E-state index in [0.717, 1.165) is 12.8 Å². The van der Waals surface area contributed by atoms with Crippen LogP contribution in [0, 0.1) is 12.8 Å². The van der Waals surface area contributed by atoms with Gasteiger partial charge in [0.1, 0.15) is 5.69 Å². The van der Waals surface area contributed by atoms with Crippen LogP contribution in [0.3, 0.4) is 0 Å². The summed E-state index contributed by atoms with van der Waals surface area (Å²) < 4.78 is 11.6. The van der Waals surface area contributed by atoms with E-state index in [2.05, 4.69) is 15.2 Å². The maximum Gasteiger partial charge on any atom is 0.273 e. The molecule has 0 radical (unpaired) electrons. The van der Waals surface area contributed by atoms with E-state index in [1.54, 1.807) is 17.8 Å². The van der Waals surface area contributed by atoms with Crippen LogP contribution in [0.5, 0.6) is 0 Å². The molecule has 3 atom stereocenters. The molecule has 0 bridgehead atoms. The minimum atomic E-state index is -0.00395. The van der Waals surface area contributed by atoms with E-state index >= 15 is 0 Å². The number of aryl methyl sites for hydroxylation is 1. The lowest BCUT2D eigenvalue weighted by molar-refractivity contribution is -0.0752. The van der Waals surface area contributed by atoms with E-state index in [4.69, 9.17) is 9.15 Å². The third-order valence-electron chi connectivity index (χ3n) is 4.67. The zero-order valence-electron chi connectivity index (χ0n) is 12.8. The lowest BCUT2D eigenvalue weighted by atomic mass is 9.79. The van der Waals surface area contributed by atoms with Crippen LogP contribution in [-0.2, 0) is 4.74 Å². The van der Waals surface area contributed by atoms with Crippen LogP contribution in [0.15, 0.2) is 15.3 Å². The van der Waals surface area contributed by atoms with Crippen LogP contribution in [-0.4, -0.2) is 51.8 Å². The Balaban J connectivity index is 1.55. The van der Waals surface area contributed by atoms with Crippen molar-refractivity contribution in [2.75, 3.05) is 19.7 Å². The van der Waals surface area contributed by atoms with Crippen molar-refractivity contribution in [3.63, 3.8) is 0 Å². The first-order chi connectivity index (χ1) is 11.2. The first-order valence-electron chi connectivity index (χ1n) is 7.81. The molecule has 2 saturated heterocycles. The predicted octanol–water partition coefficient (Wildman–Crippen LogP) is 1.87. The Labute approximate surface area is 137 Å². The number of carbonyl (C=O) groups is 1. The number of ether oxygens (including phenoxy) is 1. The van der Waals surface area contributed by atoms with Gasteiger partial charge in [0.15, 0.2) is 0 Å². The Morgan fingerprint density at radius 1 is 1.39 bits per heavy atom. The van der Waals surface area contributed by atoms with Gasteiger partial charge in [0, 0.05) is 43.8 Å². The molecule has 23 heavy (non-hydrogen) atoms. The average Bonchev–Trinajstić information content (AvgIpc) is 3.24. The van der Waals surface area contributed by atoms with Crippen LogP contribution in [0.1, 0.15) is 41.0 Å². The van der Waals surface area contributed by atoms with E-state index in [1.165, 1.54) is 11.3 Å². The van der Waals surface area contributed by atoms with Crippen LogP contribution in [0.4, 0.5) is 0 Å². The van der Waals surface area contributed by atoms with Crippen molar-refractivity contribution in [3.05, 3.63) is 28.4 Å². The maximum atomic E-state index is 12.6. The monoisotopic (exact) mass is 334 g/mol. The second kappa shape index (κ2) is 6.01. The van der Waals surface area contributed by atoms with E-state index in [1.807, 2.05) is 4.90 Å². The molecule has 8 heteroatoms. The summed E-state index contributed by atoms with van der Waals surface area (Å²) in [6, 6.07) is 0. The Morgan fingerprint density at radius 2 is 2.30 bits per heavy atom. The third kappa shape index (κ3) is 2.76. The lowest BCUT2D eigenvalue weighted by Gasteiger charge is -2.43. The Bertz CT molecular complexity index is 687. The molecular formula is C15H18N4O3S. The molecule has 0 aromatic carbocycles. The number of rotatable bonds is 2. The fraction of sp³-hybridized carbons (Fsp3) is 0.600. The van der Waals surface area contributed by atoms with Crippen LogP contribution < -0.4 is 0 Å². The van der Waals surface area contributed by atoms with E-state index in [0.29, 0.717) is 37.2 Å². The summed E-state index contributed by atoms with van der Waals surface area (Å²) >= 11 is 1.44. The molecule has 2 aromatic rings. The first-order valence-corrected chi connectivity index (χ1v) is 8.75. The van der Waals surface area contributed by atoms with Gasteiger partial charge in [0.05, 0.1) is 11.6 Å². The highest BCUT2D eigenvalue weighted by atomic mass is 32.1. The zero-order chi connectivity index (χ0) is 15.8. The summed E-state index contributed by atoms with van der Waals surface area (Å²) in [5.74, 6) is 1.59. The third-order valence-corrected chi connectivity index (χ3v) is 5.25. The van der Waals surface area contributed by atoms with Crippen LogP contribution >= 0.6 is 11.3 Å². The fourth-order valence-electron chi connectivity index (χ4n) is 3.55. The number of hydrogen-bond acceptors (Lipinski definition) is 7. The number of aromatic nitrogens is 3. The number of likely N-dealkylation sites (tertiary alicyclic amines) is 1. The summed E-state index contributed by atoms with van der Waals surface area (Å²) in [4.78, 5) is 18.6. The Hall–Kier alpha value is -1.80. The van der Waals surface area contributed by atoms with Crippen molar-refractivity contribution in [1.82, 2.24) is 20.1 Å². The number of nitrogens with zero attached hydrogens (tertiary/aromatic N) is 4. The van der Waals surface area contributed by atoms with Gasteiger partial charge in [-0.3, -0.25) is 4.79 Å². The molecule has 0 unspecified atom stereocenters. The van der Waals surface area contributed by atoms with Gasteiger partial charge in [-0.25, -0.2) is 4.98 Å². The van der Waals surface area contributed by atoms with Crippen molar-refractivity contribution >= 4 is 17.2 Å². The molecule has 0 spiro atoms. The maximum absolute atomic E-state index is 12.6. The minimum Gasteiger partial charge on any atom is -0.425 e. The van der Waals surface area contributed by atoms with Gasteiger partial charge < -0.3 is 14.1 Å². The topological polar surface area (TPSA) is 81.4 Å².